The topological polar surface area (TPSA) is 46.3 Å². The summed E-state index contributed by atoms with van der Waals surface area (Å²) in [5.41, 5.74) is 5.96. The summed E-state index contributed by atoms with van der Waals surface area (Å²) < 4.78 is 0. The number of carbonyl (C=O) groups excluding carboxylic acids is 1. The van der Waals surface area contributed by atoms with Crippen molar-refractivity contribution in [3.8, 4) is 0 Å². The molecule has 0 aliphatic carbocycles. The Kier molecular flexibility index (Phi) is 5.44. The standard InChI is InChI=1S/C14H28N2O/c1-4-5-6-7-8-13(17)16-11-12(15)9-10-14(16,2)3/h12H,4-11,15H2,1-3H3. The van der Waals surface area contributed by atoms with Gasteiger partial charge in [0, 0.05) is 24.5 Å². The Bertz CT molecular complexity index is 251. The van der Waals surface area contributed by atoms with Crippen LogP contribution in [-0.2, 0) is 4.79 Å². The van der Waals surface area contributed by atoms with Gasteiger partial charge in [-0.3, -0.25) is 4.79 Å². The molecule has 1 saturated heterocycles. The van der Waals surface area contributed by atoms with Gasteiger partial charge in [-0.1, -0.05) is 26.2 Å². The van der Waals surface area contributed by atoms with Crippen molar-refractivity contribution in [2.75, 3.05) is 6.54 Å². The Morgan fingerprint density at radius 1 is 1.35 bits per heavy atom. The zero-order chi connectivity index (χ0) is 12.9. The number of unbranched alkanes of at least 4 members (excludes halogenated alkanes) is 3. The van der Waals surface area contributed by atoms with E-state index in [-0.39, 0.29) is 11.6 Å². The Labute approximate surface area is 106 Å². The highest BCUT2D eigenvalue weighted by Crippen LogP contribution is 2.27. The first kappa shape index (κ1) is 14.5. The van der Waals surface area contributed by atoms with Crippen molar-refractivity contribution in [3.05, 3.63) is 0 Å². The van der Waals surface area contributed by atoms with Crippen LogP contribution >= 0.6 is 0 Å². The lowest BCUT2D eigenvalue weighted by atomic mass is 9.88. The first-order valence-electron chi connectivity index (χ1n) is 7.03. The van der Waals surface area contributed by atoms with Crippen molar-refractivity contribution in [1.29, 1.82) is 0 Å². The monoisotopic (exact) mass is 240 g/mol. The maximum atomic E-state index is 12.2. The molecule has 1 aliphatic heterocycles. The minimum atomic E-state index is -0.00227. The van der Waals surface area contributed by atoms with Gasteiger partial charge < -0.3 is 10.6 Å². The summed E-state index contributed by atoms with van der Waals surface area (Å²) in [6.45, 7) is 7.24. The maximum absolute atomic E-state index is 12.2. The molecular formula is C14H28N2O. The Morgan fingerprint density at radius 2 is 2.06 bits per heavy atom. The zero-order valence-electron chi connectivity index (χ0n) is 11.7. The second-order valence-corrected chi connectivity index (χ2v) is 5.93. The lowest BCUT2D eigenvalue weighted by Gasteiger charge is -2.45. The lowest BCUT2D eigenvalue weighted by molar-refractivity contribution is -0.139. The van der Waals surface area contributed by atoms with Crippen molar-refractivity contribution in [1.82, 2.24) is 4.90 Å². The molecule has 0 spiro atoms. The van der Waals surface area contributed by atoms with Gasteiger partial charge in [0.25, 0.3) is 0 Å². The van der Waals surface area contributed by atoms with Crippen LogP contribution in [0.3, 0.4) is 0 Å². The predicted molar refractivity (Wildman–Crippen MR) is 71.8 cm³/mol. The SMILES string of the molecule is CCCCCCC(=O)N1CC(N)CCC1(C)C. The van der Waals surface area contributed by atoms with Crippen molar-refractivity contribution in [3.63, 3.8) is 0 Å². The molecule has 0 saturated carbocycles. The first-order valence-corrected chi connectivity index (χ1v) is 7.03. The number of rotatable bonds is 5. The van der Waals surface area contributed by atoms with Crippen LogP contribution in [0.25, 0.3) is 0 Å². The summed E-state index contributed by atoms with van der Waals surface area (Å²) in [6.07, 6.45) is 7.39. The highest BCUT2D eigenvalue weighted by molar-refractivity contribution is 5.77. The van der Waals surface area contributed by atoms with Crippen molar-refractivity contribution in [2.45, 2.75) is 77.3 Å². The normalized spacial score (nSPS) is 23.8. The summed E-state index contributed by atoms with van der Waals surface area (Å²) in [5, 5.41) is 0. The number of nitrogens with two attached hydrogens (primary N) is 1. The molecule has 100 valence electrons. The van der Waals surface area contributed by atoms with Gasteiger partial charge >= 0.3 is 0 Å². The summed E-state index contributed by atoms with van der Waals surface area (Å²) >= 11 is 0. The highest BCUT2D eigenvalue weighted by Gasteiger charge is 2.35. The van der Waals surface area contributed by atoms with Gasteiger partial charge in [0.15, 0.2) is 0 Å². The molecule has 1 unspecified atom stereocenters. The van der Waals surface area contributed by atoms with Gasteiger partial charge in [-0.2, -0.15) is 0 Å². The molecule has 1 atom stereocenters. The average molecular weight is 240 g/mol. The molecule has 1 amide bonds. The number of likely N-dealkylation sites (tertiary alicyclic amines) is 1. The van der Waals surface area contributed by atoms with Gasteiger partial charge in [0.2, 0.25) is 5.91 Å². The predicted octanol–water partition coefficient (Wildman–Crippen LogP) is 2.69. The quantitative estimate of drug-likeness (QED) is 0.751. The fourth-order valence-corrected chi connectivity index (χ4v) is 2.52. The molecule has 3 nitrogen and oxygen atoms in total. The average Bonchev–Trinajstić information content (AvgIpc) is 2.27. The smallest absolute Gasteiger partial charge is 0.223 e. The zero-order valence-corrected chi connectivity index (χ0v) is 11.7. The fraction of sp³-hybridized carbons (Fsp3) is 0.929. The van der Waals surface area contributed by atoms with Crippen LogP contribution in [-0.4, -0.2) is 28.9 Å². The Morgan fingerprint density at radius 3 is 2.71 bits per heavy atom. The van der Waals surface area contributed by atoms with E-state index in [2.05, 4.69) is 20.8 Å². The molecule has 1 aliphatic rings. The van der Waals surface area contributed by atoms with Gasteiger partial charge in [-0.05, 0) is 33.1 Å². The lowest BCUT2D eigenvalue weighted by Crippen LogP contribution is -2.56. The molecule has 1 fully saturated rings. The number of hydrogen-bond donors (Lipinski definition) is 1. The van der Waals surface area contributed by atoms with E-state index < -0.39 is 0 Å². The molecule has 1 rings (SSSR count). The summed E-state index contributed by atoms with van der Waals surface area (Å²) in [6, 6.07) is 0.169. The van der Waals surface area contributed by atoms with Gasteiger partial charge in [-0.25, -0.2) is 0 Å². The van der Waals surface area contributed by atoms with E-state index in [0.717, 1.165) is 25.8 Å². The molecule has 0 radical (unpaired) electrons. The molecular weight excluding hydrogens is 212 g/mol. The van der Waals surface area contributed by atoms with E-state index >= 15 is 0 Å². The van der Waals surface area contributed by atoms with Crippen LogP contribution < -0.4 is 5.73 Å². The van der Waals surface area contributed by atoms with E-state index in [1.54, 1.807) is 0 Å². The van der Waals surface area contributed by atoms with Crippen LogP contribution in [0.5, 0.6) is 0 Å². The highest BCUT2D eigenvalue weighted by atomic mass is 16.2. The largest absolute Gasteiger partial charge is 0.336 e. The van der Waals surface area contributed by atoms with Crippen LogP contribution in [0.15, 0.2) is 0 Å². The Hall–Kier alpha value is -0.570. The third-order valence-electron chi connectivity index (χ3n) is 3.82. The van der Waals surface area contributed by atoms with E-state index in [1.165, 1.54) is 19.3 Å². The van der Waals surface area contributed by atoms with Crippen LogP contribution in [0.1, 0.15) is 65.7 Å². The van der Waals surface area contributed by atoms with Gasteiger partial charge in [-0.15, -0.1) is 0 Å². The molecule has 0 aromatic carbocycles. The minimum Gasteiger partial charge on any atom is -0.336 e. The second-order valence-electron chi connectivity index (χ2n) is 5.93. The van der Waals surface area contributed by atoms with Crippen LogP contribution in [0, 0.1) is 0 Å². The van der Waals surface area contributed by atoms with E-state index in [4.69, 9.17) is 5.73 Å². The molecule has 2 N–H and O–H groups in total. The molecule has 0 aromatic heterocycles. The molecule has 3 heteroatoms. The number of carbonyl (C=O) groups is 1. The summed E-state index contributed by atoms with van der Waals surface area (Å²) in [5.74, 6) is 0.293. The molecule has 0 aromatic rings. The number of hydrogen-bond acceptors (Lipinski definition) is 2. The number of amides is 1. The third kappa shape index (κ3) is 4.30. The van der Waals surface area contributed by atoms with Crippen molar-refractivity contribution in [2.24, 2.45) is 5.73 Å². The maximum Gasteiger partial charge on any atom is 0.223 e. The number of nitrogens with zero attached hydrogens (tertiary/aromatic N) is 1. The van der Waals surface area contributed by atoms with Gasteiger partial charge in [0.05, 0.1) is 0 Å². The van der Waals surface area contributed by atoms with Gasteiger partial charge in [0.1, 0.15) is 0 Å². The second kappa shape index (κ2) is 6.39. The minimum absolute atomic E-state index is 0.00227. The van der Waals surface area contributed by atoms with E-state index in [9.17, 15) is 4.79 Å². The fourth-order valence-electron chi connectivity index (χ4n) is 2.52. The van der Waals surface area contributed by atoms with E-state index in [0.29, 0.717) is 12.3 Å². The molecule has 1 heterocycles. The van der Waals surface area contributed by atoms with Crippen molar-refractivity contribution >= 4 is 5.91 Å². The van der Waals surface area contributed by atoms with Crippen LogP contribution in [0.4, 0.5) is 0 Å². The molecule has 0 bridgehead atoms. The third-order valence-corrected chi connectivity index (χ3v) is 3.82. The Balaban J connectivity index is 2.42. The summed E-state index contributed by atoms with van der Waals surface area (Å²) in [4.78, 5) is 14.2. The molecule has 17 heavy (non-hydrogen) atoms. The first-order chi connectivity index (χ1) is 7.97. The van der Waals surface area contributed by atoms with Crippen molar-refractivity contribution < 1.29 is 4.79 Å². The van der Waals surface area contributed by atoms with Crippen LogP contribution in [0.2, 0.25) is 0 Å². The summed E-state index contributed by atoms with van der Waals surface area (Å²) in [7, 11) is 0. The van der Waals surface area contributed by atoms with E-state index in [1.807, 2.05) is 4.90 Å². The number of piperidine rings is 1.